The van der Waals surface area contributed by atoms with Gasteiger partial charge in [0.25, 0.3) is 0 Å². The highest BCUT2D eigenvalue weighted by molar-refractivity contribution is 5.88. The van der Waals surface area contributed by atoms with Crippen molar-refractivity contribution in [3.63, 3.8) is 0 Å². The first-order chi connectivity index (χ1) is 10.2. The summed E-state index contributed by atoms with van der Waals surface area (Å²) in [5, 5.41) is 1.15. The molecule has 0 radical (unpaired) electrons. The van der Waals surface area contributed by atoms with E-state index in [1.165, 1.54) is 24.8 Å². The Labute approximate surface area is 125 Å². The van der Waals surface area contributed by atoms with Crippen LogP contribution in [0.5, 0.6) is 0 Å². The SMILES string of the molecule is CN(CC1=CCCCC1)C(=O)Cc1c[nH]c2ccccc12. The highest BCUT2D eigenvalue weighted by Gasteiger charge is 2.14. The van der Waals surface area contributed by atoms with Gasteiger partial charge in [-0.05, 0) is 37.3 Å². The fourth-order valence-corrected chi connectivity index (χ4v) is 3.02. The average molecular weight is 282 g/mol. The number of hydrogen-bond acceptors (Lipinski definition) is 1. The van der Waals surface area contributed by atoms with Gasteiger partial charge in [0.2, 0.25) is 5.91 Å². The summed E-state index contributed by atoms with van der Waals surface area (Å²) in [6.07, 6.45) is 9.58. The molecule has 0 atom stereocenters. The summed E-state index contributed by atoms with van der Waals surface area (Å²) in [4.78, 5) is 17.5. The molecule has 0 saturated heterocycles. The van der Waals surface area contributed by atoms with Crippen LogP contribution in [-0.4, -0.2) is 29.4 Å². The first-order valence-corrected chi connectivity index (χ1v) is 7.71. The maximum absolute atomic E-state index is 12.4. The minimum absolute atomic E-state index is 0.186. The first-order valence-electron chi connectivity index (χ1n) is 7.71. The smallest absolute Gasteiger partial charge is 0.227 e. The molecule has 2 aromatic rings. The highest BCUT2D eigenvalue weighted by Crippen LogP contribution is 2.20. The van der Waals surface area contributed by atoms with Crippen molar-refractivity contribution in [3.8, 4) is 0 Å². The van der Waals surface area contributed by atoms with Crippen molar-refractivity contribution < 1.29 is 4.79 Å². The van der Waals surface area contributed by atoms with E-state index in [2.05, 4.69) is 17.1 Å². The number of aromatic nitrogens is 1. The Morgan fingerprint density at radius 3 is 2.95 bits per heavy atom. The Kier molecular flexibility index (Phi) is 4.09. The van der Waals surface area contributed by atoms with Gasteiger partial charge in [-0.2, -0.15) is 0 Å². The Balaban J connectivity index is 1.66. The number of benzene rings is 1. The van der Waals surface area contributed by atoms with E-state index >= 15 is 0 Å². The fourth-order valence-electron chi connectivity index (χ4n) is 3.02. The number of para-hydroxylation sites is 1. The Bertz CT molecular complexity index is 669. The number of rotatable bonds is 4. The van der Waals surface area contributed by atoms with E-state index in [0.717, 1.165) is 29.4 Å². The van der Waals surface area contributed by atoms with Crippen LogP contribution in [0.4, 0.5) is 0 Å². The van der Waals surface area contributed by atoms with Gasteiger partial charge in [0.1, 0.15) is 0 Å². The molecule has 0 fully saturated rings. The van der Waals surface area contributed by atoms with E-state index in [9.17, 15) is 4.79 Å². The lowest BCUT2D eigenvalue weighted by molar-refractivity contribution is -0.128. The van der Waals surface area contributed by atoms with Crippen LogP contribution < -0.4 is 0 Å². The van der Waals surface area contributed by atoms with Gasteiger partial charge < -0.3 is 9.88 Å². The normalized spacial score (nSPS) is 15.0. The van der Waals surface area contributed by atoms with E-state index in [4.69, 9.17) is 0 Å². The van der Waals surface area contributed by atoms with Crippen LogP contribution in [0.15, 0.2) is 42.1 Å². The molecular weight excluding hydrogens is 260 g/mol. The van der Waals surface area contributed by atoms with E-state index in [0.29, 0.717) is 6.42 Å². The molecular formula is C18H22N2O. The number of H-pyrrole nitrogens is 1. The zero-order valence-electron chi connectivity index (χ0n) is 12.6. The van der Waals surface area contributed by atoms with Crippen LogP contribution in [-0.2, 0) is 11.2 Å². The molecule has 3 nitrogen and oxygen atoms in total. The summed E-state index contributed by atoms with van der Waals surface area (Å²) in [5.41, 5.74) is 3.59. The van der Waals surface area contributed by atoms with Crippen molar-refractivity contribution in [1.29, 1.82) is 0 Å². The number of nitrogens with zero attached hydrogens (tertiary/aromatic N) is 1. The van der Waals surface area contributed by atoms with Gasteiger partial charge in [-0.15, -0.1) is 0 Å². The first kappa shape index (κ1) is 13.9. The number of allylic oxidation sites excluding steroid dienone is 1. The summed E-state index contributed by atoms with van der Waals surface area (Å²) in [5.74, 6) is 0.186. The van der Waals surface area contributed by atoms with Crippen molar-refractivity contribution in [2.75, 3.05) is 13.6 Å². The molecule has 0 spiro atoms. The molecule has 0 unspecified atom stereocenters. The molecule has 1 amide bonds. The number of likely N-dealkylation sites (N-methyl/N-ethyl adjacent to an activating group) is 1. The van der Waals surface area contributed by atoms with Crippen LogP contribution in [0.3, 0.4) is 0 Å². The van der Waals surface area contributed by atoms with Crippen LogP contribution in [0.1, 0.15) is 31.2 Å². The molecule has 110 valence electrons. The third-order valence-electron chi connectivity index (χ3n) is 4.27. The standard InChI is InChI=1S/C18H22N2O/c1-20(13-14-7-3-2-4-8-14)18(21)11-15-12-19-17-10-6-5-9-16(15)17/h5-7,9-10,12,19H,2-4,8,11,13H2,1H3. The van der Waals surface area contributed by atoms with Gasteiger partial charge in [0.15, 0.2) is 0 Å². The van der Waals surface area contributed by atoms with Gasteiger partial charge in [-0.25, -0.2) is 0 Å². The number of nitrogens with one attached hydrogen (secondary N) is 1. The third kappa shape index (κ3) is 3.18. The zero-order valence-corrected chi connectivity index (χ0v) is 12.6. The predicted octanol–water partition coefficient (Wildman–Crippen LogP) is 3.67. The summed E-state index contributed by atoms with van der Waals surface area (Å²) < 4.78 is 0. The molecule has 1 N–H and O–H groups in total. The monoisotopic (exact) mass is 282 g/mol. The van der Waals surface area contributed by atoms with Gasteiger partial charge in [0, 0.05) is 30.7 Å². The van der Waals surface area contributed by atoms with Crippen LogP contribution in [0, 0.1) is 0 Å². The number of amides is 1. The van der Waals surface area contributed by atoms with E-state index in [1.807, 2.05) is 36.3 Å². The van der Waals surface area contributed by atoms with E-state index < -0.39 is 0 Å². The number of hydrogen-bond donors (Lipinski definition) is 1. The third-order valence-corrected chi connectivity index (χ3v) is 4.27. The summed E-state index contributed by atoms with van der Waals surface area (Å²) in [7, 11) is 1.91. The number of carbonyl (C=O) groups excluding carboxylic acids is 1. The Morgan fingerprint density at radius 2 is 2.14 bits per heavy atom. The average Bonchev–Trinajstić information content (AvgIpc) is 2.91. The summed E-state index contributed by atoms with van der Waals surface area (Å²) >= 11 is 0. The number of carbonyl (C=O) groups is 1. The van der Waals surface area contributed by atoms with Crippen molar-refractivity contribution in [1.82, 2.24) is 9.88 Å². The minimum atomic E-state index is 0.186. The second-order valence-corrected chi connectivity index (χ2v) is 5.89. The topological polar surface area (TPSA) is 36.1 Å². The summed E-state index contributed by atoms with van der Waals surface area (Å²) in [6.45, 7) is 0.779. The van der Waals surface area contributed by atoms with E-state index in [1.54, 1.807) is 0 Å². The van der Waals surface area contributed by atoms with Crippen molar-refractivity contribution in [2.45, 2.75) is 32.1 Å². The predicted molar refractivity (Wildman–Crippen MR) is 86.2 cm³/mol. The van der Waals surface area contributed by atoms with Gasteiger partial charge in [-0.1, -0.05) is 29.8 Å². The largest absolute Gasteiger partial charge is 0.361 e. The second-order valence-electron chi connectivity index (χ2n) is 5.89. The summed E-state index contributed by atoms with van der Waals surface area (Å²) in [6, 6.07) is 8.13. The molecule has 3 heteroatoms. The number of aromatic amines is 1. The molecule has 1 aliphatic rings. The van der Waals surface area contributed by atoms with Gasteiger partial charge in [0.05, 0.1) is 6.42 Å². The molecule has 0 aliphatic heterocycles. The molecule has 0 bridgehead atoms. The molecule has 1 aromatic heterocycles. The second kappa shape index (κ2) is 6.17. The molecule has 1 aromatic carbocycles. The van der Waals surface area contributed by atoms with E-state index in [-0.39, 0.29) is 5.91 Å². The Morgan fingerprint density at radius 1 is 1.29 bits per heavy atom. The Hall–Kier alpha value is -2.03. The maximum Gasteiger partial charge on any atom is 0.227 e. The minimum Gasteiger partial charge on any atom is -0.361 e. The van der Waals surface area contributed by atoms with Gasteiger partial charge >= 0.3 is 0 Å². The molecule has 1 heterocycles. The van der Waals surface area contributed by atoms with Crippen LogP contribution in [0.25, 0.3) is 10.9 Å². The lowest BCUT2D eigenvalue weighted by Crippen LogP contribution is -2.30. The highest BCUT2D eigenvalue weighted by atomic mass is 16.2. The van der Waals surface area contributed by atoms with Gasteiger partial charge in [-0.3, -0.25) is 4.79 Å². The van der Waals surface area contributed by atoms with Crippen molar-refractivity contribution >= 4 is 16.8 Å². The molecule has 0 saturated carbocycles. The lowest BCUT2D eigenvalue weighted by atomic mass is 9.99. The molecule has 1 aliphatic carbocycles. The molecule has 3 rings (SSSR count). The van der Waals surface area contributed by atoms with Crippen molar-refractivity contribution in [3.05, 3.63) is 47.7 Å². The quantitative estimate of drug-likeness (QED) is 0.853. The fraction of sp³-hybridized carbons (Fsp3) is 0.389. The number of fused-ring (bicyclic) bond motifs is 1. The lowest BCUT2D eigenvalue weighted by Gasteiger charge is -2.21. The van der Waals surface area contributed by atoms with Crippen LogP contribution >= 0.6 is 0 Å². The molecule has 21 heavy (non-hydrogen) atoms. The maximum atomic E-state index is 12.4. The zero-order chi connectivity index (χ0) is 14.7. The van der Waals surface area contributed by atoms with Crippen molar-refractivity contribution in [2.24, 2.45) is 0 Å². The van der Waals surface area contributed by atoms with Crippen LogP contribution in [0.2, 0.25) is 0 Å².